The largest absolute Gasteiger partial charge is 0.482 e. The van der Waals surface area contributed by atoms with Gasteiger partial charge in [-0.2, -0.15) is 0 Å². The van der Waals surface area contributed by atoms with Crippen LogP contribution in [0.1, 0.15) is 26.3 Å². The fourth-order valence-electron chi connectivity index (χ4n) is 1.64. The predicted octanol–water partition coefficient (Wildman–Crippen LogP) is 2.73. The van der Waals surface area contributed by atoms with Crippen LogP contribution in [0.3, 0.4) is 0 Å². The van der Waals surface area contributed by atoms with Gasteiger partial charge in [0, 0.05) is 11.6 Å². The van der Waals surface area contributed by atoms with E-state index < -0.39 is 12.1 Å². The number of aryl methyl sites for hydroxylation is 1. The van der Waals surface area contributed by atoms with Crippen LogP contribution in [0.15, 0.2) is 18.2 Å². The average Bonchev–Trinajstić information content (AvgIpc) is 2.43. The molecule has 1 rings (SSSR count). The number of carbonyl (C=O) groups is 2. The van der Waals surface area contributed by atoms with Crippen molar-refractivity contribution in [2.24, 2.45) is 5.92 Å². The first-order valence-corrected chi connectivity index (χ1v) is 7.53. The van der Waals surface area contributed by atoms with E-state index in [1.54, 1.807) is 18.2 Å². The third-order valence-electron chi connectivity index (χ3n) is 2.84. The number of halogens is 1. The van der Waals surface area contributed by atoms with E-state index in [4.69, 9.17) is 21.1 Å². The van der Waals surface area contributed by atoms with Gasteiger partial charge in [0.1, 0.15) is 5.75 Å². The normalized spacial score (nSPS) is 11.9. The van der Waals surface area contributed by atoms with Crippen LogP contribution in [0.25, 0.3) is 0 Å². The lowest BCUT2D eigenvalue weighted by Crippen LogP contribution is -2.38. The zero-order valence-corrected chi connectivity index (χ0v) is 14.1. The minimum atomic E-state index is -0.846. The summed E-state index contributed by atoms with van der Waals surface area (Å²) in [5.41, 5.74) is 0.822. The number of carbonyl (C=O) groups excluding carboxylic acids is 2. The first-order chi connectivity index (χ1) is 10.3. The molecule has 0 aliphatic carbocycles. The van der Waals surface area contributed by atoms with E-state index in [0.717, 1.165) is 5.56 Å². The Hall–Kier alpha value is -1.75. The quantitative estimate of drug-likeness (QED) is 0.782. The van der Waals surface area contributed by atoms with Crippen molar-refractivity contribution < 1.29 is 19.1 Å². The lowest BCUT2D eigenvalue weighted by molar-refractivity contribution is -0.156. The molecule has 0 aromatic heterocycles. The van der Waals surface area contributed by atoms with E-state index >= 15 is 0 Å². The maximum atomic E-state index is 11.7. The standard InChI is InChI=1S/C16H22ClNO4/c1-10(2)8-18-16(20)12(4)22-15(19)9-21-14-6-5-13(17)7-11(14)3/h5-7,10,12H,8-9H2,1-4H3,(H,18,20). The summed E-state index contributed by atoms with van der Waals surface area (Å²) in [6.07, 6.45) is -0.846. The van der Waals surface area contributed by atoms with E-state index in [-0.39, 0.29) is 12.5 Å². The molecule has 1 atom stereocenters. The molecule has 0 saturated carbocycles. The lowest BCUT2D eigenvalue weighted by atomic mass is 10.2. The van der Waals surface area contributed by atoms with Crippen LogP contribution in [-0.4, -0.2) is 31.1 Å². The van der Waals surface area contributed by atoms with Gasteiger partial charge in [-0.05, 0) is 43.5 Å². The lowest BCUT2D eigenvalue weighted by Gasteiger charge is -2.15. The van der Waals surface area contributed by atoms with Gasteiger partial charge in [-0.15, -0.1) is 0 Å². The molecule has 0 radical (unpaired) electrons. The molecule has 0 spiro atoms. The van der Waals surface area contributed by atoms with Gasteiger partial charge in [-0.1, -0.05) is 25.4 Å². The summed E-state index contributed by atoms with van der Waals surface area (Å²) >= 11 is 5.84. The number of amides is 1. The first-order valence-electron chi connectivity index (χ1n) is 7.15. The Morgan fingerprint density at radius 2 is 1.95 bits per heavy atom. The molecule has 1 unspecified atom stereocenters. The van der Waals surface area contributed by atoms with Crippen LogP contribution in [0.2, 0.25) is 5.02 Å². The van der Waals surface area contributed by atoms with Gasteiger partial charge in [-0.25, -0.2) is 4.79 Å². The zero-order valence-electron chi connectivity index (χ0n) is 13.3. The maximum absolute atomic E-state index is 11.7. The van der Waals surface area contributed by atoms with Crippen LogP contribution < -0.4 is 10.1 Å². The van der Waals surface area contributed by atoms with Gasteiger partial charge in [0.05, 0.1) is 0 Å². The second-order valence-corrected chi connectivity index (χ2v) is 5.91. The van der Waals surface area contributed by atoms with Crippen molar-refractivity contribution in [3.8, 4) is 5.75 Å². The van der Waals surface area contributed by atoms with Crippen LogP contribution in [0.4, 0.5) is 0 Å². The number of esters is 1. The predicted molar refractivity (Wildman–Crippen MR) is 85.1 cm³/mol. The molecule has 22 heavy (non-hydrogen) atoms. The highest BCUT2D eigenvalue weighted by molar-refractivity contribution is 6.30. The molecular weight excluding hydrogens is 306 g/mol. The number of ether oxygens (including phenoxy) is 2. The Kier molecular flexibility index (Phi) is 7.18. The number of rotatable bonds is 7. The zero-order chi connectivity index (χ0) is 16.7. The second kappa shape index (κ2) is 8.63. The van der Waals surface area contributed by atoms with Gasteiger partial charge >= 0.3 is 5.97 Å². The molecule has 1 N–H and O–H groups in total. The molecule has 6 heteroatoms. The highest BCUT2D eigenvalue weighted by atomic mass is 35.5. The van der Waals surface area contributed by atoms with Crippen molar-refractivity contribution in [1.82, 2.24) is 5.32 Å². The molecule has 1 aromatic rings. The summed E-state index contributed by atoms with van der Waals surface area (Å²) in [5.74, 6) is -0.0207. The number of nitrogens with one attached hydrogen (secondary N) is 1. The second-order valence-electron chi connectivity index (χ2n) is 5.47. The Bertz CT molecular complexity index is 531. The minimum absolute atomic E-state index is 0.260. The number of hydrogen-bond donors (Lipinski definition) is 1. The topological polar surface area (TPSA) is 64.6 Å². The number of hydrogen-bond acceptors (Lipinski definition) is 4. The Balaban J connectivity index is 2.41. The summed E-state index contributed by atoms with van der Waals surface area (Å²) in [6.45, 7) is 7.61. The third kappa shape index (κ3) is 6.35. The van der Waals surface area contributed by atoms with Crippen LogP contribution in [0.5, 0.6) is 5.75 Å². The highest BCUT2D eigenvalue weighted by Crippen LogP contribution is 2.21. The Morgan fingerprint density at radius 1 is 1.27 bits per heavy atom. The molecule has 0 bridgehead atoms. The van der Waals surface area contributed by atoms with E-state index in [0.29, 0.717) is 23.2 Å². The van der Waals surface area contributed by atoms with Crippen LogP contribution >= 0.6 is 11.6 Å². The van der Waals surface area contributed by atoms with Gasteiger partial charge in [-0.3, -0.25) is 4.79 Å². The summed E-state index contributed by atoms with van der Waals surface area (Å²) in [5, 5.41) is 3.30. The molecule has 0 aliphatic rings. The smallest absolute Gasteiger partial charge is 0.344 e. The Morgan fingerprint density at radius 3 is 2.55 bits per heavy atom. The van der Waals surface area contributed by atoms with E-state index in [1.165, 1.54) is 6.92 Å². The molecule has 122 valence electrons. The van der Waals surface area contributed by atoms with Crippen molar-refractivity contribution in [3.63, 3.8) is 0 Å². The van der Waals surface area contributed by atoms with Crippen molar-refractivity contribution in [2.75, 3.05) is 13.2 Å². The van der Waals surface area contributed by atoms with E-state index in [1.807, 2.05) is 20.8 Å². The maximum Gasteiger partial charge on any atom is 0.344 e. The van der Waals surface area contributed by atoms with Gasteiger partial charge < -0.3 is 14.8 Å². The molecule has 5 nitrogen and oxygen atoms in total. The minimum Gasteiger partial charge on any atom is -0.482 e. The summed E-state index contributed by atoms with van der Waals surface area (Å²) in [7, 11) is 0. The van der Waals surface area contributed by atoms with Gasteiger partial charge in [0.2, 0.25) is 0 Å². The van der Waals surface area contributed by atoms with E-state index in [2.05, 4.69) is 5.32 Å². The van der Waals surface area contributed by atoms with Crippen molar-refractivity contribution >= 4 is 23.5 Å². The molecule has 0 fully saturated rings. The fraction of sp³-hybridized carbons (Fsp3) is 0.500. The molecule has 1 aromatic carbocycles. The Labute approximate surface area is 135 Å². The third-order valence-corrected chi connectivity index (χ3v) is 3.08. The van der Waals surface area contributed by atoms with E-state index in [9.17, 15) is 9.59 Å². The SMILES string of the molecule is Cc1cc(Cl)ccc1OCC(=O)OC(C)C(=O)NCC(C)C. The van der Waals surface area contributed by atoms with Gasteiger partial charge in [0.15, 0.2) is 12.7 Å². The molecule has 0 aliphatic heterocycles. The fourth-order valence-corrected chi connectivity index (χ4v) is 1.87. The molecular formula is C16H22ClNO4. The van der Waals surface area contributed by atoms with Crippen molar-refractivity contribution in [1.29, 1.82) is 0 Å². The van der Waals surface area contributed by atoms with Crippen molar-refractivity contribution in [2.45, 2.75) is 33.8 Å². The molecule has 1 amide bonds. The van der Waals surface area contributed by atoms with Gasteiger partial charge in [0.25, 0.3) is 5.91 Å². The molecule has 0 heterocycles. The molecule has 0 saturated heterocycles. The summed E-state index contributed by atoms with van der Waals surface area (Å²) in [4.78, 5) is 23.4. The highest BCUT2D eigenvalue weighted by Gasteiger charge is 2.18. The monoisotopic (exact) mass is 327 g/mol. The average molecular weight is 328 g/mol. The van der Waals surface area contributed by atoms with Crippen LogP contribution in [-0.2, 0) is 14.3 Å². The number of benzene rings is 1. The first kappa shape index (κ1) is 18.3. The van der Waals surface area contributed by atoms with Crippen molar-refractivity contribution in [3.05, 3.63) is 28.8 Å². The summed E-state index contributed by atoms with van der Waals surface area (Å²) in [6, 6.07) is 5.10. The van der Waals surface area contributed by atoms with Crippen LogP contribution in [0, 0.1) is 12.8 Å². The summed E-state index contributed by atoms with van der Waals surface area (Å²) < 4.78 is 10.4.